The Hall–Kier alpha value is -0.860. The van der Waals surface area contributed by atoms with Gasteiger partial charge in [0.2, 0.25) is 0 Å². The van der Waals surface area contributed by atoms with Crippen molar-refractivity contribution < 1.29 is 10.2 Å². The highest BCUT2D eigenvalue weighted by Crippen LogP contribution is 1.88. The summed E-state index contributed by atoms with van der Waals surface area (Å²) in [6.07, 6.45) is 7.16. The van der Waals surface area contributed by atoms with Crippen molar-refractivity contribution in [2.45, 2.75) is 6.10 Å². The van der Waals surface area contributed by atoms with Crippen LogP contribution in [0.4, 0.5) is 0 Å². The molecule has 2 heteroatoms. The summed E-state index contributed by atoms with van der Waals surface area (Å²) in [7, 11) is 0. The maximum absolute atomic E-state index is 8.98. The minimum atomic E-state index is -0.620. The van der Waals surface area contributed by atoms with Crippen molar-refractivity contribution in [1.29, 1.82) is 0 Å². The minimum absolute atomic E-state index is 0.0427. The van der Waals surface area contributed by atoms with Crippen molar-refractivity contribution >= 4 is 0 Å². The van der Waals surface area contributed by atoms with Crippen LogP contribution in [0.2, 0.25) is 0 Å². The molecule has 10 heavy (non-hydrogen) atoms. The fourth-order valence-corrected chi connectivity index (χ4v) is 0.457. The van der Waals surface area contributed by atoms with Gasteiger partial charge in [0, 0.05) is 0 Å². The van der Waals surface area contributed by atoms with E-state index in [2.05, 4.69) is 6.58 Å². The molecule has 1 atom stereocenters. The van der Waals surface area contributed by atoms with Gasteiger partial charge in [-0.2, -0.15) is 0 Å². The predicted octanol–water partition coefficient (Wildman–Crippen LogP) is 0.638. The van der Waals surface area contributed by atoms with Gasteiger partial charge >= 0.3 is 0 Å². The molecule has 0 aliphatic heterocycles. The second-order valence-electron chi connectivity index (χ2n) is 1.72. The Labute approximate surface area is 60.8 Å². The molecule has 0 radical (unpaired) electrons. The topological polar surface area (TPSA) is 40.5 Å². The molecule has 2 nitrogen and oxygen atoms in total. The summed E-state index contributed by atoms with van der Waals surface area (Å²) in [4.78, 5) is 0. The highest BCUT2D eigenvalue weighted by Gasteiger charge is 1.86. The zero-order valence-corrected chi connectivity index (χ0v) is 5.77. The van der Waals surface area contributed by atoms with Crippen LogP contribution in [0, 0.1) is 0 Å². The lowest BCUT2D eigenvalue weighted by Crippen LogP contribution is -1.95. The quantitative estimate of drug-likeness (QED) is 0.444. The maximum atomic E-state index is 8.98. The van der Waals surface area contributed by atoms with Crippen molar-refractivity contribution in [2.24, 2.45) is 0 Å². The summed E-state index contributed by atoms with van der Waals surface area (Å²) in [5.41, 5.74) is 0. The Kier molecular flexibility index (Phi) is 5.72. The first-order valence-corrected chi connectivity index (χ1v) is 3.06. The van der Waals surface area contributed by atoms with Gasteiger partial charge in [0.1, 0.15) is 0 Å². The second kappa shape index (κ2) is 6.26. The van der Waals surface area contributed by atoms with E-state index in [1.54, 1.807) is 18.2 Å². The zero-order valence-electron chi connectivity index (χ0n) is 5.77. The van der Waals surface area contributed by atoms with Crippen LogP contribution in [-0.2, 0) is 0 Å². The number of rotatable bonds is 4. The van der Waals surface area contributed by atoms with Crippen LogP contribution in [0.3, 0.4) is 0 Å². The molecule has 0 fully saturated rings. The van der Waals surface area contributed by atoms with E-state index >= 15 is 0 Å². The van der Waals surface area contributed by atoms with Gasteiger partial charge in [0.15, 0.2) is 0 Å². The van der Waals surface area contributed by atoms with E-state index in [1.807, 2.05) is 0 Å². The standard InChI is InChI=1S/C8H12O2/c1-2-3-5-8(10)6-4-7-9/h2-6,8-10H,1,7H2. The lowest BCUT2D eigenvalue weighted by atomic mass is 10.3. The van der Waals surface area contributed by atoms with E-state index in [9.17, 15) is 0 Å². The normalized spacial score (nSPS) is 14.6. The fraction of sp³-hybridized carbons (Fsp3) is 0.250. The average Bonchev–Trinajstić information content (AvgIpc) is 1.97. The van der Waals surface area contributed by atoms with Gasteiger partial charge in [0.05, 0.1) is 12.7 Å². The Morgan fingerprint density at radius 3 is 2.60 bits per heavy atom. The third-order valence-electron chi connectivity index (χ3n) is 0.883. The Morgan fingerprint density at radius 1 is 1.40 bits per heavy atom. The monoisotopic (exact) mass is 140 g/mol. The molecule has 0 aliphatic rings. The van der Waals surface area contributed by atoms with E-state index in [1.165, 1.54) is 12.2 Å². The first-order valence-electron chi connectivity index (χ1n) is 3.06. The van der Waals surface area contributed by atoms with E-state index in [-0.39, 0.29) is 6.61 Å². The van der Waals surface area contributed by atoms with Crippen LogP contribution < -0.4 is 0 Å². The molecule has 0 saturated heterocycles. The van der Waals surface area contributed by atoms with E-state index in [0.29, 0.717) is 0 Å². The van der Waals surface area contributed by atoms with Crippen molar-refractivity contribution in [3.05, 3.63) is 37.0 Å². The molecule has 0 aromatic heterocycles. The average molecular weight is 140 g/mol. The molecule has 0 aromatic rings. The summed E-state index contributed by atoms with van der Waals surface area (Å²) in [6.45, 7) is 3.40. The van der Waals surface area contributed by atoms with Gasteiger partial charge in [-0.25, -0.2) is 0 Å². The summed E-state index contributed by atoms with van der Waals surface area (Å²) < 4.78 is 0. The number of aliphatic hydroxyl groups excluding tert-OH is 2. The minimum Gasteiger partial charge on any atom is -0.392 e. The predicted molar refractivity (Wildman–Crippen MR) is 41.6 cm³/mol. The first-order chi connectivity index (χ1) is 4.81. The van der Waals surface area contributed by atoms with Gasteiger partial charge in [0.25, 0.3) is 0 Å². The van der Waals surface area contributed by atoms with Gasteiger partial charge in [-0.3, -0.25) is 0 Å². The highest BCUT2D eigenvalue weighted by atomic mass is 16.3. The molecule has 0 bridgehead atoms. The van der Waals surface area contributed by atoms with E-state index in [4.69, 9.17) is 10.2 Å². The molecule has 2 N–H and O–H groups in total. The van der Waals surface area contributed by atoms with Gasteiger partial charge < -0.3 is 10.2 Å². The van der Waals surface area contributed by atoms with Crippen LogP contribution in [0.1, 0.15) is 0 Å². The Balaban J connectivity index is 3.61. The van der Waals surface area contributed by atoms with Crippen LogP contribution in [0.5, 0.6) is 0 Å². The van der Waals surface area contributed by atoms with Gasteiger partial charge in [-0.1, -0.05) is 37.0 Å². The molecule has 0 rings (SSSR count). The number of hydrogen-bond acceptors (Lipinski definition) is 2. The van der Waals surface area contributed by atoms with Crippen LogP contribution in [-0.4, -0.2) is 22.9 Å². The van der Waals surface area contributed by atoms with Gasteiger partial charge in [-0.15, -0.1) is 0 Å². The third-order valence-corrected chi connectivity index (χ3v) is 0.883. The molecule has 56 valence electrons. The second-order valence-corrected chi connectivity index (χ2v) is 1.72. The number of hydrogen-bond donors (Lipinski definition) is 2. The SMILES string of the molecule is C=CC=CC(O)C=CCO. The van der Waals surface area contributed by atoms with Crippen LogP contribution >= 0.6 is 0 Å². The Morgan fingerprint density at radius 2 is 2.10 bits per heavy atom. The Bertz CT molecular complexity index is 136. The summed E-state index contributed by atoms with van der Waals surface area (Å²) in [6, 6.07) is 0. The molecule has 0 heterocycles. The summed E-state index contributed by atoms with van der Waals surface area (Å²) in [5.74, 6) is 0. The summed E-state index contributed by atoms with van der Waals surface area (Å²) >= 11 is 0. The van der Waals surface area contributed by atoms with Gasteiger partial charge in [-0.05, 0) is 0 Å². The molecule has 0 aromatic carbocycles. The smallest absolute Gasteiger partial charge is 0.0906 e. The largest absolute Gasteiger partial charge is 0.392 e. The van der Waals surface area contributed by atoms with Crippen molar-refractivity contribution in [3.8, 4) is 0 Å². The van der Waals surface area contributed by atoms with E-state index in [0.717, 1.165) is 0 Å². The molecule has 1 unspecified atom stereocenters. The third kappa shape index (κ3) is 5.28. The van der Waals surface area contributed by atoms with Crippen molar-refractivity contribution in [1.82, 2.24) is 0 Å². The summed E-state index contributed by atoms with van der Waals surface area (Å²) in [5, 5.41) is 17.3. The molecule has 0 spiro atoms. The van der Waals surface area contributed by atoms with Crippen molar-refractivity contribution in [2.75, 3.05) is 6.61 Å². The van der Waals surface area contributed by atoms with Crippen LogP contribution in [0.25, 0.3) is 0 Å². The molecule has 0 amide bonds. The molecular formula is C8H12O2. The lowest BCUT2D eigenvalue weighted by Gasteiger charge is -1.93. The fourth-order valence-electron chi connectivity index (χ4n) is 0.457. The molecule has 0 saturated carbocycles. The lowest BCUT2D eigenvalue weighted by molar-refractivity contribution is 0.269. The van der Waals surface area contributed by atoms with Crippen molar-refractivity contribution in [3.63, 3.8) is 0 Å². The van der Waals surface area contributed by atoms with Crippen LogP contribution in [0.15, 0.2) is 37.0 Å². The number of allylic oxidation sites excluding steroid dienone is 2. The first kappa shape index (κ1) is 9.14. The molecule has 0 aliphatic carbocycles. The molecular weight excluding hydrogens is 128 g/mol. The maximum Gasteiger partial charge on any atom is 0.0906 e. The van der Waals surface area contributed by atoms with E-state index < -0.39 is 6.10 Å². The zero-order chi connectivity index (χ0) is 7.82. The number of aliphatic hydroxyl groups is 2. The highest BCUT2D eigenvalue weighted by molar-refractivity contribution is 5.06.